The lowest BCUT2D eigenvalue weighted by molar-refractivity contribution is 0.610. The Morgan fingerprint density at radius 2 is 2.00 bits per heavy atom. The molecule has 1 N–H and O–H groups in total. The van der Waals surface area contributed by atoms with Crippen molar-refractivity contribution in [2.45, 2.75) is 11.8 Å². The van der Waals surface area contributed by atoms with Gasteiger partial charge in [-0.25, -0.2) is 8.42 Å². The van der Waals surface area contributed by atoms with Crippen LogP contribution < -0.4 is 0 Å². The summed E-state index contributed by atoms with van der Waals surface area (Å²) >= 11 is 0. The molecule has 1 aromatic heterocycles. The summed E-state index contributed by atoms with van der Waals surface area (Å²) in [5, 5.41) is 6.62. The van der Waals surface area contributed by atoms with Gasteiger partial charge < -0.3 is 0 Å². The predicted molar refractivity (Wildman–Crippen MR) is 61.8 cm³/mol. The highest BCUT2D eigenvalue weighted by Gasteiger charge is 2.17. The topological polar surface area (TPSA) is 62.8 Å². The van der Waals surface area contributed by atoms with E-state index in [1.165, 1.54) is 6.07 Å². The van der Waals surface area contributed by atoms with E-state index in [1.54, 1.807) is 24.4 Å². The smallest absolute Gasteiger partial charge is 0.261 e. The zero-order valence-corrected chi connectivity index (χ0v) is 10.0. The molecule has 0 amide bonds. The van der Waals surface area contributed by atoms with Crippen LogP contribution in [0.2, 0.25) is 0 Å². The maximum atomic E-state index is 11.4. The SMILES string of the molecule is Cc1cn[nH]c1-c1ccccc1S(=O)(=O)Cl. The maximum Gasteiger partial charge on any atom is 0.261 e. The molecule has 2 rings (SSSR count). The van der Waals surface area contributed by atoms with Crippen LogP contribution in [0.3, 0.4) is 0 Å². The molecule has 1 heterocycles. The second kappa shape index (κ2) is 3.92. The first kappa shape index (κ1) is 11.2. The molecule has 4 nitrogen and oxygen atoms in total. The van der Waals surface area contributed by atoms with E-state index in [4.69, 9.17) is 10.7 Å². The van der Waals surface area contributed by atoms with Gasteiger partial charge in [0.2, 0.25) is 0 Å². The Kier molecular flexibility index (Phi) is 2.73. The highest BCUT2D eigenvalue weighted by atomic mass is 35.7. The number of hydrogen-bond donors (Lipinski definition) is 1. The number of benzene rings is 1. The van der Waals surface area contributed by atoms with Crippen molar-refractivity contribution in [2.75, 3.05) is 0 Å². The fourth-order valence-electron chi connectivity index (χ4n) is 1.50. The van der Waals surface area contributed by atoms with Crippen molar-refractivity contribution in [3.63, 3.8) is 0 Å². The van der Waals surface area contributed by atoms with Gasteiger partial charge in [-0.1, -0.05) is 18.2 Å². The van der Waals surface area contributed by atoms with E-state index >= 15 is 0 Å². The molecule has 0 saturated heterocycles. The first-order valence-corrected chi connectivity index (χ1v) is 6.85. The van der Waals surface area contributed by atoms with E-state index in [-0.39, 0.29) is 4.90 Å². The fourth-order valence-corrected chi connectivity index (χ4v) is 2.58. The number of H-pyrrole nitrogens is 1. The number of hydrogen-bond acceptors (Lipinski definition) is 3. The molecular weight excluding hydrogens is 248 g/mol. The van der Waals surface area contributed by atoms with E-state index in [0.717, 1.165) is 5.56 Å². The van der Waals surface area contributed by atoms with Gasteiger partial charge >= 0.3 is 0 Å². The third kappa shape index (κ3) is 1.96. The molecule has 1 aromatic carbocycles. The summed E-state index contributed by atoms with van der Waals surface area (Å²) in [5.74, 6) is 0. The number of aryl methyl sites for hydroxylation is 1. The van der Waals surface area contributed by atoms with Crippen LogP contribution in [-0.2, 0) is 9.05 Å². The number of nitrogens with one attached hydrogen (secondary N) is 1. The molecule has 6 heteroatoms. The fraction of sp³-hybridized carbons (Fsp3) is 0.100. The number of aromatic nitrogens is 2. The van der Waals surface area contributed by atoms with Crippen LogP contribution in [0.1, 0.15) is 5.56 Å². The van der Waals surface area contributed by atoms with Crippen molar-refractivity contribution >= 4 is 19.7 Å². The number of nitrogens with zero attached hydrogens (tertiary/aromatic N) is 1. The molecule has 0 aliphatic heterocycles. The number of rotatable bonds is 2. The molecule has 16 heavy (non-hydrogen) atoms. The van der Waals surface area contributed by atoms with Crippen molar-refractivity contribution < 1.29 is 8.42 Å². The summed E-state index contributed by atoms with van der Waals surface area (Å²) in [7, 11) is 1.62. The minimum absolute atomic E-state index is 0.0871. The molecule has 0 spiro atoms. The van der Waals surface area contributed by atoms with Crippen LogP contribution in [0.5, 0.6) is 0 Å². The van der Waals surface area contributed by atoms with Crippen LogP contribution >= 0.6 is 10.7 Å². The number of halogens is 1. The standard InChI is InChI=1S/C10H9ClN2O2S/c1-7-6-12-13-10(7)8-4-2-3-5-9(8)16(11,14)15/h2-6H,1H3,(H,12,13). The first-order valence-electron chi connectivity index (χ1n) is 4.54. The molecular formula is C10H9ClN2O2S. The lowest BCUT2D eigenvalue weighted by Gasteiger charge is -2.05. The minimum Gasteiger partial charge on any atom is -0.278 e. The van der Waals surface area contributed by atoms with Crippen molar-refractivity contribution in [3.05, 3.63) is 36.0 Å². The van der Waals surface area contributed by atoms with E-state index in [0.29, 0.717) is 11.3 Å². The normalized spacial score (nSPS) is 11.6. The van der Waals surface area contributed by atoms with Gasteiger partial charge in [-0.2, -0.15) is 5.10 Å². The molecule has 0 unspecified atom stereocenters. The first-order chi connectivity index (χ1) is 7.50. The lowest BCUT2D eigenvalue weighted by atomic mass is 10.1. The highest BCUT2D eigenvalue weighted by Crippen LogP contribution is 2.29. The average Bonchev–Trinajstić information content (AvgIpc) is 2.63. The third-order valence-corrected chi connectivity index (χ3v) is 3.63. The van der Waals surface area contributed by atoms with Crippen molar-refractivity contribution in [1.82, 2.24) is 10.2 Å². The Morgan fingerprint density at radius 1 is 1.31 bits per heavy atom. The van der Waals surface area contributed by atoms with Crippen LogP contribution in [0.4, 0.5) is 0 Å². The molecule has 0 saturated carbocycles. The second-order valence-electron chi connectivity index (χ2n) is 3.36. The summed E-state index contributed by atoms with van der Waals surface area (Å²) in [5.41, 5.74) is 2.07. The Balaban J connectivity index is 2.72. The minimum atomic E-state index is -3.75. The molecule has 84 valence electrons. The highest BCUT2D eigenvalue weighted by molar-refractivity contribution is 8.13. The van der Waals surface area contributed by atoms with Crippen LogP contribution in [0.25, 0.3) is 11.3 Å². The van der Waals surface area contributed by atoms with Gasteiger partial charge in [0, 0.05) is 16.2 Å². The molecule has 0 atom stereocenters. The Bertz CT molecular complexity index is 619. The largest absolute Gasteiger partial charge is 0.278 e. The Labute approximate surface area is 97.7 Å². The van der Waals surface area contributed by atoms with Gasteiger partial charge in [0.1, 0.15) is 0 Å². The Hall–Kier alpha value is -1.33. The maximum absolute atomic E-state index is 11.4. The summed E-state index contributed by atoms with van der Waals surface area (Å²) in [4.78, 5) is 0.0871. The van der Waals surface area contributed by atoms with Gasteiger partial charge in [0.25, 0.3) is 9.05 Å². The van der Waals surface area contributed by atoms with Crippen molar-refractivity contribution in [2.24, 2.45) is 0 Å². The second-order valence-corrected chi connectivity index (χ2v) is 5.90. The van der Waals surface area contributed by atoms with Gasteiger partial charge in [-0.15, -0.1) is 0 Å². The van der Waals surface area contributed by atoms with Crippen LogP contribution in [0.15, 0.2) is 35.4 Å². The lowest BCUT2D eigenvalue weighted by Crippen LogP contribution is -1.95. The van der Waals surface area contributed by atoms with E-state index < -0.39 is 9.05 Å². The molecule has 2 aromatic rings. The van der Waals surface area contributed by atoms with Gasteiger partial charge in [-0.05, 0) is 18.6 Å². The monoisotopic (exact) mass is 256 g/mol. The van der Waals surface area contributed by atoms with E-state index in [9.17, 15) is 8.42 Å². The van der Waals surface area contributed by atoms with Crippen molar-refractivity contribution in [3.8, 4) is 11.3 Å². The third-order valence-electron chi connectivity index (χ3n) is 2.25. The summed E-state index contributed by atoms with van der Waals surface area (Å²) in [6.45, 7) is 1.84. The average molecular weight is 257 g/mol. The molecule has 0 bridgehead atoms. The van der Waals surface area contributed by atoms with Gasteiger partial charge in [-0.3, -0.25) is 5.10 Å². The van der Waals surface area contributed by atoms with Gasteiger partial charge in [0.05, 0.1) is 16.8 Å². The van der Waals surface area contributed by atoms with E-state index in [2.05, 4.69) is 10.2 Å². The predicted octanol–water partition coefficient (Wildman–Crippen LogP) is 2.31. The quantitative estimate of drug-likeness (QED) is 0.839. The van der Waals surface area contributed by atoms with Gasteiger partial charge in [0.15, 0.2) is 0 Å². The van der Waals surface area contributed by atoms with Crippen LogP contribution in [0, 0.1) is 6.92 Å². The zero-order valence-electron chi connectivity index (χ0n) is 8.44. The molecule has 0 fully saturated rings. The summed E-state index contributed by atoms with van der Waals surface area (Å²) in [6, 6.07) is 6.54. The van der Waals surface area contributed by atoms with Crippen molar-refractivity contribution in [1.29, 1.82) is 0 Å². The Morgan fingerprint density at radius 3 is 2.56 bits per heavy atom. The van der Waals surface area contributed by atoms with E-state index in [1.807, 2.05) is 6.92 Å². The van der Waals surface area contributed by atoms with Crippen LogP contribution in [-0.4, -0.2) is 18.6 Å². The molecule has 0 aliphatic rings. The zero-order chi connectivity index (χ0) is 11.8. The molecule has 0 aliphatic carbocycles. The number of aromatic amines is 1. The summed E-state index contributed by atoms with van der Waals surface area (Å²) in [6.07, 6.45) is 1.63. The summed E-state index contributed by atoms with van der Waals surface area (Å²) < 4.78 is 22.8. The molecule has 0 radical (unpaired) electrons.